The first-order chi connectivity index (χ1) is 18.5. The zero-order valence-electron chi connectivity index (χ0n) is 19.2. The van der Waals surface area contributed by atoms with Crippen molar-refractivity contribution in [2.45, 2.75) is 19.6 Å². The summed E-state index contributed by atoms with van der Waals surface area (Å²) in [6.07, 6.45) is 0. The first-order valence-corrected chi connectivity index (χ1v) is 15.2. The molecule has 40 heavy (non-hydrogen) atoms. The fourth-order valence-corrected chi connectivity index (χ4v) is 6.51. The minimum absolute atomic E-state index is 0.0461. The lowest BCUT2D eigenvalue weighted by molar-refractivity contribution is -0.432. The number of rotatable bonds is 8. The maximum absolute atomic E-state index is 12.3. The molecule has 16 nitrogen and oxygen atoms in total. The average molecular weight is 634 g/mol. The Morgan fingerprint density at radius 2 is 1.48 bits per heavy atom. The van der Waals surface area contributed by atoms with E-state index >= 15 is 0 Å². The van der Waals surface area contributed by atoms with Crippen LogP contribution in [-0.2, 0) is 39.7 Å². The maximum atomic E-state index is 12.3. The normalized spacial score (nSPS) is 13.0. The van der Waals surface area contributed by atoms with Crippen molar-refractivity contribution in [2.24, 2.45) is 10.2 Å². The van der Waals surface area contributed by atoms with Gasteiger partial charge >= 0.3 is 0 Å². The Balaban J connectivity index is 2.00. The summed E-state index contributed by atoms with van der Waals surface area (Å²) in [6, 6.07) is 8.46. The van der Waals surface area contributed by atoms with Gasteiger partial charge < -0.3 is 10.8 Å². The van der Waals surface area contributed by atoms with Gasteiger partial charge in [0.2, 0.25) is 0 Å². The van der Waals surface area contributed by atoms with Crippen LogP contribution in [-0.4, -0.2) is 49.3 Å². The number of aromatic hydroxyl groups is 1. The second-order valence-corrected chi connectivity index (χ2v) is 12.7. The summed E-state index contributed by atoms with van der Waals surface area (Å²) >= 11 is 0.466. The van der Waals surface area contributed by atoms with Crippen LogP contribution in [0.25, 0.3) is 21.5 Å². The van der Waals surface area contributed by atoms with Gasteiger partial charge in [-0.05, 0) is 35.7 Å². The molecule has 20 heteroatoms. The van der Waals surface area contributed by atoms with Crippen LogP contribution in [0.1, 0.15) is 0 Å². The molecular weight excluding hydrogens is 618 g/mol. The molecule has 0 aliphatic carbocycles. The lowest BCUT2D eigenvalue weighted by atomic mass is 10.1. The number of nitrogens with zero attached hydrogens (tertiary/aromatic N) is 2. The van der Waals surface area contributed by atoms with E-state index in [9.17, 15) is 44.0 Å². The van der Waals surface area contributed by atoms with Gasteiger partial charge in [0.05, 0.1) is 12.0 Å². The second-order valence-electron chi connectivity index (χ2n) is 7.80. The molecule has 0 aliphatic heterocycles. The SMILES string of the molecule is Nc1cc(SOOO)cc2cc(S(=O)(=O)O)c(N=Nc3ccc4c(S(=O)(=O)O)cccc4c3S(=O)(=O)O)c(O)c12. The Bertz CT molecular complexity index is 2050. The van der Waals surface area contributed by atoms with Crippen molar-refractivity contribution in [3.8, 4) is 5.75 Å². The van der Waals surface area contributed by atoms with Crippen molar-refractivity contribution in [2.75, 3.05) is 5.73 Å². The number of hydrogen-bond acceptors (Lipinski definition) is 14. The predicted octanol–water partition coefficient (Wildman–Crippen LogP) is 3.86. The van der Waals surface area contributed by atoms with Crippen LogP contribution in [0.3, 0.4) is 0 Å². The molecule has 0 spiro atoms. The average Bonchev–Trinajstić information content (AvgIpc) is 2.83. The summed E-state index contributed by atoms with van der Waals surface area (Å²) in [4.78, 5) is -2.44. The third-order valence-electron chi connectivity index (χ3n) is 5.34. The summed E-state index contributed by atoms with van der Waals surface area (Å²) in [5, 5.41) is 29.0. The molecule has 0 aromatic heterocycles. The van der Waals surface area contributed by atoms with Gasteiger partial charge in [0, 0.05) is 26.7 Å². The van der Waals surface area contributed by atoms with Gasteiger partial charge in [-0.1, -0.05) is 23.2 Å². The fourth-order valence-electron chi connectivity index (χ4n) is 3.86. The lowest BCUT2D eigenvalue weighted by Gasteiger charge is -2.12. The Labute approximate surface area is 229 Å². The van der Waals surface area contributed by atoms with Crippen molar-refractivity contribution in [1.82, 2.24) is 0 Å². The maximum Gasteiger partial charge on any atom is 0.297 e. The van der Waals surface area contributed by atoms with E-state index < -0.39 is 67.6 Å². The molecule has 0 heterocycles. The van der Waals surface area contributed by atoms with E-state index in [0.29, 0.717) is 12.0 Å². The van der Waals surface area contributed by atoms with Crippen molar-refractivity contribution in [1.29, 1.82) is 0 Å². The topological polar surface area (TPSA) is 273 Å². The van der Waals surface area contributed by atoms with Crippen LogP contribution >= 0.6 is 12.0 Å². The third kappa shape index (κ3) is 5.71. The zero-order chi connectivity index (χ0) is 29.6. The largest absolute Gasteiger partial charge is 0.505 e. The molecule has 0 aliphatic rings. The van der Waals surface area contributed by atoms with E-state index in [4.69, 9.17) is 11.0 Å². The van der Waals surface area contributed by atoms with E-state index in [2.05, 4.69) is 19.6 Å². The number of hydrogen-bond donors (Lipinski definition) is 6. The van der Waals surface area contributed by atoms with Gasteiger partial charge in [0.15, 0.2) is 5.75 Å². The van der Waals surface area contributed by atoms with E-state index in [1.54, 1.807) is 0 Å². The number of benzene rings is 4. The molecule has 212 valence electrons. The number of anilines is 1. The Morgan fingerprint density at radius 1 is 0.800 bits per heavy atom. The van der Waals surface area contributed by atoms with E-state index in [-0.39, 0.29) is 26.7 Å². The van der Waals surface area contributed by atoms with Gasteiger partial charge in [0.25, 0.3) is 30.4 Å². The van der Waals surface area contributed by atoms with Crippen LogP contribution in [0.2, 0.25) is 0 Å². The van der Waals surface area contributed by atoms with Crippen LogP contribution < -0.4 is 5.73 Å². The lowest BCUT2D eigenvalue weighted by Crippen LogP contribution is -2.03. The number of fused-ring (bicyclic) bond motifs is 2. The Hall–Kier alpha value is -3.44. The molecular formula is C20H15N3O13S4. The Morgan fingerprint density at radius 3 is 2.08 bits per heavy atom. The first-order valence-electron chi connectivity index (χ1n) is 10.2. The summed E-state index contributed by atoms with van der Waals surface area (Å²) in [5.74, 6) is -0.898. The molecule has 4 rings (SSSR count). The first kappa shape index (κ1) is 29.5. The third-order valence-corrected chi connectivity index (χ3v) is 8.62. The summed E-state index contributed by atoms with van der Waals surface area (Å²) in [5.41, 5.74) is 4.30. The standard InChI is InChI=1S/C20H15N3O13S4/c21-13-8-10(37-36-35-25)6-9-7-16(39(29,30)31)18(19(24)17(9)13)23-22-14-5-4-11-12(20(14)40(32,33)34)2-1-3-15(11)38(26,27)28/h1-8,24-25H,21H2,(H,26,27,28)(H,29,30,31)(H,32,33,34). The fraction of sp³-hybridized carbons (Fsp3) is 0. The minimum Gasteiger partial charge on any atom is -0.505 e. The molecule has 0 atom stereocenters. The van der Waals surface area contributed by atoms with Crippen molar-refractivity contribution >= 4 is 81.0 Å². The second kappa shape index (κ2) is 10.5. The highest BCUT2D eigenvalue weighted by atomic mass is 32.2. The smallest absolute Gasteiger partial charge is 0.297 e. The molecule has 0 unspecified atom stereocenters. The van der Waals surface area contributed by atoms with Crippen LogP contribution in [0.5, 0.6) is 5.75 Å². The molecule has 0 amide bonds. The monoisotopic (exact) mass is 633 g/mol. The number of azo groups is 1. The molecule has 7 N–H and O–H groups in total. The quantitative estimate of drug-likeness (QED) is 0.0401. The van der Waals surface area contributed by atoms with Crippen molar-refractivity contribution in [3.05, 3.63) is 48.5 Å². The van der Waals surface area contributed by atoms with Gasteiger partial charge in [-0.2, -0.15) is 25.3 Å². The van der Waals surface area contributed by atoms with E-state index in [1.807, 2.05) is 0 Å². The minimum atomic E-state index is -5.15. The van der Waals surface area contributed by atoms with Crippen LogP contribution in [0.15, 0.2) is 78.3 Å². The highest BCUT2D eigenvalue weighted by molar-refractivity contribution is 7.94. The number of nitrogen functional groups attached to an aromatic ring is 1. The highest BCUT2D eigenvalue weighted by Crippen LogP contribution is 2.45. The van der Waals surface area contributed by atoms with Gasteiger partial charge in [0.1, 0.15) is 26.1 Å². The van der Waals surface area contributed by atoms with Crippen molar-refractivity contribution in [3.63, 3.8) is 0 Å². The van der Waals surface area contributed by atoms with E-state index in [0.717, 1.165) is 36.4 Å². The number of phenolic OH excluding ortho intramolecular Hbond substituents is 1. The molecule has 0 saturated carbocycles. The Kier molecular flexibility index (Phi) is 7.76. The predicted molar refractivity (Wildman–Crippen MR) is 138 cm³/mol. The summed E-state index contributed by atoms with van der Waals surface area (Å²) in [6.45, 7) is 0. The molecule has 4 aromatic carbocycles. The number of nitrogens with two attached hydrogens (primary N) is 1. The van der Waals surface area contributed by atoms with Crippen LogP contribution in [0, 0.1) is 0 Å². The molecule has 0 radical (unpaired) electrons. The van der Waals surface area contributed by atoms with Gasteiger partial charge in [-0.15, -0.1) is 14.6 Å². The number of phenols is 1. The van der Waals surface area contributed by atoms with Gasteiger partial charge in [-0.3, -0.25) is 13.7 Å². The molecule has 0 fully saturated rings. The van der Waals surface area contributed by atoms with Gasteiger partial charge in [-0.25, -0.2) is 5.26 Å². The highest BCUT2D eigenvalue weighted by Gasteiger charge is 2.26. The van der Waals surface area contributed by atoms with Crippen LogP contribution in [0.4, 0.5) is 17.1 Å². The van der Waals surface area contributed by atoms with Crippen molar-refractivity contribution < 1.29 is 58.6 Å². The zero-order valence-corrected chi connectivity index (χ0v) is 22.5. The van der Waals surface area contributed by atoms with E-state index in [1.165, 1.54) is 12.1 Å². The molecule has 4 aromatic rings. The summed E-state index contributed by atoms with van der Waals surface area (Å²) < 4.78 is 106. The molecule has 0 bridgehead atoms. The summed E-state index contributed by atoms with van der Waals surface area (Å²) in [7, 11) is -15.1. The molecule has 0 saturated heterocycles.